The van der Waals surface area contributed by atoms with Crippen LogP contribution in [0.1, 0.15) is 28.8 Å². The number of nitrogens with zero attached hydrogens (tertiary/aromatic N) is 3. The van der Waals surface area contributed by atoms with Gasteiger partial charge in [-0.1, -0.05) is 17.3 Å². The number of pyridine rings is 1. The highest BCUT2D eigenvalue weighted by Crippen LogP contribution is 2.39. The second kappa shape index (κ2) is 5.73. The van der Waals surface area contributed by atoms with E-state index in [-0.39, 0.29) is 12.1 Å². The second-order valence-corrected chi connectivity index (χ2v) is 6.20. The molecule has 4 rings (SSSR count). The van der Waals surface area contributed by atoms with Gasteiger partial charge in [-0.25, -0.2) is 4.79 Å². The molecule has 1 aliphatic rings. The molecule has 1 atom stereocenters. The molecule has 0 spiro atoms. The molecule has 126 valence electrons. The van der Waals surface area contributed by atoms with E-state index in [1.807, 2.05) is 44.2 Å². The van der Waals surface area contributed by atoms with Crippen molar-refractivity contribution in [3.05, 3.63) is 65.3 Å². The van der Waals surface area contributed by atoms with Crippen molar-refractivity contribution in [1.82, 2.24) is 15.0 Å². The minimum Gasteiger partial charge on any atom is -0.361 e. The normalized spacial score (nSPS) is 16.5. The summed E-state index contributed by atoms with van der Waals surface area (Å²) in [6.07, 6.45) is 1.74. The molecule has 3 aromatic rings. The Hall–Kier alpha value is -3.15. The van der Waals surface area contributed by atoms with E-state index in [0.717, 1.165) is 39.5 Å². The summed E-state index contributed by atoms with van der Waals surface area (Å²) in [5.74, 6) is 0.778. The van der Waals surface area contributed by atoms with Gasteiger partial charge < -0.3 is 14.7 Å². The highest BCUT2D eigenvalue weighted by atomic mass is 16.5. The molecular formula is C19H18N4O2. The molecule has 6 nitrogen and oxygen atoms in total. The molecule has 2 amide bonds. The van der Waals surface area contributed by atoms with Crippen LogP contribution in [-0.2, 0) is 0 Å². The number of aromatic nitrogens is 2. The van der Waals surface area contributed by atoms with Crippen LogP contribution in [0.15, 0.2) is 47.1 Å². The van der Waals surface area contributed by atoms with Gasteiger partial charge in [0.15, 0.2) is 0 Å². The Bertz CT molecular complexity index is 930. The highest BCUT2D eigenvalue weighted by molar-refractivity contribution is 5.94. The standard InChI is InChI=1S/C19H18N4O2/c1-11-17(12(2)25-22-11)13-7-8-15-14(10-13)18(23(3)19(24)21-15)16-6-4-5-9-20-16/h4-10,18H,1-3H3,(H,21,24)/t18-/m1/s1. The summed E-state index contributed by atoms with van der Waals surface area (Å²) in [5.41, 5.74) is 5.48. The van der Waals surface area contributed by atoms with Crippen LogP contribution in [-0.4, -0.2) is 28.1 Å². The molecular weight excluding hydrogens is 316 g/mol. The van der Waals surface area contributed by atoms with Crippen molar-refractivity contribution in [2.75, 3.05) is 12.4 Å². The topological polar surface area (TPSA) is 71.3 Å². The molecule has 6 heteroatoms. The van der Waals surface area contributed by atoms with Gasteiger partial charge in [0.25, 0.3) is 0 Å². The van der Waals surface area contributed by atoms with E-state index in [1.165, 1.54) is 0 Å². The largest absolute Gasteiger partial charge is 0.361 e. The molecule has 1 aliphatic heterocycles. The lowest BCUT2D eigenvalue weighted by Gasteiger charge is -2.34. The third-order valence-corrected chi connectivity index (χ3v) is 4.59. The van der Waals surface area contributed by atoms with Gasteiger partial charge in [-0.2, -0.15) is 0 Å². The van der Waals surface area contributed by atoms with Gasteiger partial charge in [0.1, 0.15) is 11.8 Å². The number of urea groups is 1. The number of carbonyl (C=O) groups is 1. The maximum Gasteiger partial charge on any atom is 0.322 e. The van der Waals surface area contributed by atoms with Crippen LogP contribution in [0.5, 0.6) is 0 Å². The molecule has 2 aromatic heterocycles. The van der Waals surface area contributed by atoms with Crippen LogP contribution in [0.4, 0.5) is 10.5 Å². The maximum absolute atomic E-state index is 12.3. The van der Waals surface area contributed by atoms with Crippen molar-refractivity contribution >= 4 is 11.7 Å². The zero-order valence-electron chi connectivity index (χ0n) is 14.3. The van der Waals surface area contributed by atoms with Crippen LogP contribution >= 0.6 is 0 Å². The molecule has 0 unspecified atom stereocenters. The summed E-state index contributed by atoms with van der Waals surface area (Å²) in [6, 6.07) is 11.3. The smallest absolute Gasteiger partial charge is 0.322 e. The zero-order valence-corrected chi connectivity index (χ0v) is 14.3. The summed E-state index contributed by atoms with van der Waals surface area (Å²) >= 11 is 0. The Balaban J connectivity index is 1.90. The first-order valence-corrected chi connectivity index (χ1v) is 8.08. The predicted molar refractivity (Wildman–Crippen MR) is 94.3 cm³/mol. The summed E-state index contributed by atoms with van der Waals surface area (Å²) < 4.78 is 5.30. The maximum atomic E-state index is 12.3. The van der Waals surface area contributed by atoms with Gasteiger partial charge in [0.2, 0.25) is 0 Å². The molecule has 0 fully saturated rings. The van der Waals surface area contributed by atoms with Crippen molar-refractivity contribution in [3.63, 3.8) is 0 Å². The molecule has 1 aromatic carbocycles. The second-order valence-electron chi connectivity index (χ2n) is 6.20. The lowest BCUT2D eigenvalue weighted by atomic mass is 9.93. The molecule has 25 heavy (non-hydrogen) atoms. The molecule has 1 N–H and O–H groups in total. The fourth-order valence-corrected chi connectivity index (χ4v) is 3.38. The van der Waals surface area contributed by atoms with E-state index >= 15 is 0 Å². The van der Waals surface area contributed by atoms with E-state index in [1.54, 1.807) is 18.1 Å². The third-order valence-electron chi connectivity index (χ3n) is 4.59. The van der Waals surface area contributed by atoms with E-state index in [0.29, 0.717) is 0 Å². The summed E-state index contributed by atoms with van der Waals surface area (Å²) in [4.78, 5) is 18.5. The summed E-state index contributed by atoms with van der Waals surface area (Å²) in [5, 5.41) is 6.97. The number of hydrogen-bond donors (Lipinski definition) is 1. The first-order valence-electron chi connectivity index (χ1n) is 8.08. The van der Waals surface area contributed by atoms with Crippen LogP contribution in [0.3, 0.4) is 0 Å². The van der Waals surface area contributed by atoms with E-state index in [9.17, 15) is 4.79 Å². The fourth-order valence-electron chi connectivity index (χ4n) is 3.38. The summed E-state index contributed by atoms with van der Waals surface area (Å²) in [7, 11) is 1.78. The van der Waals surface area contributed by atoms with Gasteiger partial charge in [-0.15, -0.1) is 0 Å². The van der Waals surface area contributed by atoms with E-state index in [2.05, 4.69) is 21.5 Å². The number of hydrogen-bond acceptors (Lipinski definition) is 4. The van der Waals surface area contributed by atoms with Gasteiger partial charge in [-0.3, -0.25) is 4.98 Å². The first-order chi connectivity index (χ1) is 12.1. The number of nitrogens with one attached hydrogen (secondary N) is 1. The lowest BCUT2D eigenvalue weighted by Crippen LogP contribution is -2.40. The van der Waals surface area contributed by atoms with Crippen LogP contribution in [0, 0.1) is 13.8 Å². The van der Waals surface area contributed by atoms with Crippen LogP contribution in [0.25, 0.3) is 11.1 Å². The highest BCUT2D eigenvalue weighted by Gasteiger charge is 2.32. The fraction of sp³-hybridized carbons (Fsp3) is 0.211. The van der Waals surface area contributed by atoms with Crippen LogP contribution < -0.4 is 5.32 Å². The zero-order chi connectivity index (χ0) is 17.6. The van der Waals surface area contributed by atoms with Crippen molar-refractivity contribution in [3.8, 4) is 11.1 Å². The first kappa shape index (κ1) is 15.4. The molecule has 0 saturated carbocycles. The Morgan fingerprint density at radius 1 is 1.20 bits per heavy atom. The molecule has 0 saturated heterocycles. The number of anilines is 1. The Labute approximate surface area is 145 Å². The summed E-state index contributed by atoms with van der Waals surface area (Å²) in [6.45, 7) is 3.83. The predicted octanol–water partition coefficient (Wildman–Crippen LogP) is 3.92. The number of fused-ring (bicyclic) bond motifs is 1. The van der Waals surface area contributed by atoms with Crippen molar-refractivity contribution < 1.29 is 9.32 Å². The van der Waals surface area contributed by atoms with Gasteiger partial charge in [0, 0.05) is 30.1 Å². The number of rotatable bonds is 2. The van der Waals surface area contributed by atoms with E-state index in [4.69, 9.17) is 4.52 Å². The van der Waals surface area contributed by atoms with E-state index < -0.39 is 0 Å². The van der Waals surface area contributed by atoms with Gasteiger partial charge in [0.05, 0.1) is 11.4 Å². The SMILES string of the molecule is Cc1noc(C)c1-c1ccc2c(c1)[C@H](c1ccccn1)N(C)C(=O)N2. The lowest BCUT2D eigenvalue weighted by molar-refractivity contribution is 0.208. The quantitative estimate of drug-likeness (QED) is 0.771. The van der Waals surface area contributed by atoms with Gasteiger partial charge in [-0.05, 0) is 43.7 Å². The number of amides is 2. The van der Waals surface area contributed by atoms with Crippen molar-refractivity contribution in [2.24, 2.45) is 0 Å². The van der Waals surface area contributed by atoms with Crippen LogP contribution in [0.2, 0.25) is 0 Å². The van der Waals surface area contributed by atoms with Crippen molar-refractivity contribution in [1.29, 1.82) is 0 Å². The number of carbonyl (C=O) groups excluding carboxylic acids is 1. The van der Waals surface area contributed by atoms with Gasteiger partial charge >= 0.3 is 6.03 Å². The minimum atomic E-state index is -0.245. The third kappa shape index (κ3) is 2.46. The number of aryl methyl sites for hydroxylation is 2. The Kier molecular flexibility index (Phi) is 3.53. The molecule has 0 aliphatic carbocycles. The average molecular weight is 334 g/mol. The molecule has 3 heterocycles. The van der Waals surface area contributed by atoms with Crippen molar-refractivity contribution in [2.45, 2.75) is 19.9 Å². The Morgan fingerprint density at radius 2 is 2.04 bits per heavy atom. The number of benzene rings is 1. The molecule has 0 bridgehead atoms. The monoisotopic (exact) mass is 334 g/mol. The molecule has 0 radical (unpaired) electrons. The minimum absolute atomic E-state index is 0.145. The average Bonchev–Trinajstić information content (AvgIpc) is 2.95. The Morgan fingerprint density at radius 3 is 2.72 bits per heavy atom.